The molecule has 0 bridgehead atoms. The molecule has 1 aliphatic rings. The molecular weight excluding hydrogens is 278 g/mol. The summed E-state index contributed by atoms with van der Waals surface area (Å²) in [6, 6.07) is 0. The minimum atomic E-state index is -0.447. The predicted octanol–water partition coefficient (Wildman–Crippen LogP) is 4.10. The van der Waals surface area contributed by atoms with E-state index in [2.05, 4.69) is 12.2 Å². The van der Waals surface area contributed by atoms with Gasteiger partial charge < -0.3 is 4.74 Å². The van der Waals surface area contributed by atoms with Crippen LogP contribution < -0.4 is 5.32 Å². The molecule has 0 unspecified atom stereocenters. The summed E-state index contributed by atoms with van der Waals surface area (Å²) in [7, 11) is 0. The molecule has 22 heavy (non-hydrogen) atoms. The summed E-state index contributed by atoms with van der Waals surface area (Å²) in [6.45, 7) is 6.30. The lowest BCUT2D eigenvalue weighted by Gasteiger charge is -2.09. The number of carbonyl (C=O) groups excluding carboxylic acids is 2. The molecule has 1 fully saturated rings. The minimum Gasteiger partial charge on any atom is -0.465 e. The van der Waals surface area contributed by atoms with Crippen LogP contribution in [-0.2, 0) is 14.3 Å². The van der Waals surface area contributed by atoms with Crippen LogP contribution in [0.2, 0.25) is 0 Å². The van der Waals surface area contributed by atoms with E-state index in [1.54, 1.807) is 0 Å². The number of ketones is 1. The standard InChI is InChI=1S/C18H31NO3/c1-4-5-6-7-8-9-10-11-15(20)13-17-19-18(21)16(22-17)12-14(2)3/h13-14,16H,4-12H2,1-3H3,(H,19,21)/b17-13+/t16-/m0/s1. The van der Waals surface area contributed by atoms with E-state index in [4.69, 9.17) is 4.74 Å². The lowest BCUT2D eigenvalue weighted by Crippen LogP contribution is -2.24. The first kappa shape index (κ1) is 18.7. The summed E-state index contributed by atoms with van der Waals surface area (Å²) in [5.41, 5.74) is 0. The Bertz CT molecular complexity index is 388. The highest BCUT2D eigenvalue weighted by molar-refractivity contribution is 5.92. The minimum absolute atomic E-state index is 0.0362. The molecule has 1 heterocycles. The van der Waals surface area contributed by atoms with Crippen molar-refractivity contribution in [2.24, 2.45) is 5.92 Å². The maximum atomic E-state index is 11.9. The smallest absolute Gasteiger partial charge is 0.267 e. The highest BCUT2D eigenvalue weighted by Crippen LogP contribution is 2.17. The van der Waals surface area contributed by atoms with Gasteiger partial charge in [0.15, 0.2) is 17.8 Å². The Kier molecular flexibility index (Phi) is 8.86. The molecule has 1 saturated heterocycles. The van der Waals surface area contributed by atoms with E-state index in [0.29, 0.717) is 24.6 Å². The zero-order valence-corrected chi connectivity index (χ0v) is 14.3. The third kappa shape index (κ3) is 7.62. The van der Waals surface area contributed by atoms with Gasteiger partial charge in [0.2, 0.25) is 0 Å². The molecule has 0 spiro atoms. The molecular formula is C18H31NO3. The van der Waals surface area contributed by atoms with Gasteiger partial charge >= 0.3 is 0 Å². The van der Waals surface area contributed by atoms with Gasteiger partial charge in [-0.2, -0.15) is 0 Å². The Labute approximate surface area is 134 Å². The second-order valence-electron chi connectivity index (χ2n) is 6.57. The molecule has 0 aromatic heterocycles. The van der Waals surface area contributed by atoms with E-state index >= 15 is 0 Å². The van der Waals surface area contributed by atoms with Crippen molar-refractivity contribution < 1.29 is 14.3 Å². The Morgan fingerprint density at radius 3 is 2.45 bits per heavy atom. The summed E-state index contributed by atoms with van der Waals surface area (Å²) >= 11 is 0. The van der Waals surface area contributed by atoms with E-state index in [9.17, 15) is 9.59 Å². The first-order valence-corrected chi connectivity index (χ1v) is 8.75. The van der Waals surface area contributed by atoms with E-state index in [-0.39, 0.29) is 11.7 Å². The van der Waals surface area contributed by atoms with Crippen LogP contribution in [0.4, 0.5) is 0 Å². The van der Waals surface area contributed by atoms with Crippen LogP contribution in [0.5, 0.6) is 0 Å². The van der Waals surface area contributed by atoms with Gasteiger partial charge in [-0.15, -0.1) is 0 Å². The van der Waals surface area contributed by atoms with Crippen LogP contribution in [0.3, 0.4) is 0 Å². The van der Waals surface area contributed by atoms with E-state index in [0.717, 1.165) is 12.8 Å². The van der Waals surface area contributed by atoms with Gasteiger partial charge in [0, 0.05) is 12.5 Å². The third-order valence-corrected chi connectivity index (χ3v) is 3.81. The van der Waals surface area contributed by atoms with Crippen molar-refractivity contribution in [2.75, 3.05) is 0 Å². The van der Waals surface area contributed by atoms with Crippen LogP contribution in [-0.4, -0.2) is 17.8 Å². The molecule has 1 atom stereocenters. The Morgan fingerprint density at radius 1 is 1.18 bits per heavy atom. The molecule has 4 heteroatoms. The summed E-state index contributed by atoms with van der Waals surface area (Å²) in [6.07, 6.45) is 10.5. The van der Waals surface area contributed by atoms with Crippen molar-refractivity contribution >= 4 is 11.7 Å². The number of unbranched alkanes of at least 4 members (excludes halogenated alkanes) is 6. The van der Waals surface area contributed by atoms with Crippen LogP contribution in [0.25, 0.3) is 0 Å². The summed E-state index contributed by atoms with van der Waals surface area (Å²) in [5, 5.41) is 2.64. The molecule has 0 aromatic carbocycles. The molecule has 1 aliphatic heterocycles. The van der Waals surface area contributed by atoms with Gasteiger partial charge in [-0.25, -0.2) is 0 Å². The molecule has 0 aromatic rings. The van der Waals surface area contributed by atoms with Gasteiger partial charge in [-0.1, -0.05) is 59.3 Å². The number of ether oxygens (including phenoxy) is 1. The number of carbonyl (C=O) groups is 2. The zero-order chi connectivity index (χ0) is 16.4. The van der Waals surface area contributed by atoms with Gasteiger partial charge in [-0.3, -0.25) is 14.9 Å². The van der Waals surface area contributed by atoms with Crippen molar-refractivity contribution in [1.82, 2.24) is 5.32 Å². The van der Waals surface area contributed by atoms with Crippen LogP contribution in [0.15, 0.2) is 12.0 Å². The Balaban J connectivity index is 2.20. The fourth-order valence-corrected chi connectivity index (χ4v) is 2.57. The number of amides is 1. The van der Waals surface area contributed by atoms with Crippen molar-refractivity contribution in [1.29, 1.82) is 0 Å². The zero-order valence-electron chi connectivity index (χ0n) is 14.3. The van der Waals surface area contributed by atoms with Crippen molar-refractivity contribution in [3.05, 3.63) is 12.0 Å². The average Bonchev–Trinajstić information content (AvgIpc) is 2.77. The molecule has 126 valence electrons. The first-order chi connectivity index (χ1) is 10.5. The van der Waals surface area contributed by atoms with Crippen molar-refractivity contribution in [3.63, 3.8) is 0 Å². The van der Waals surface area contributed by atoms with E-state index in [1.165, 1.54) is 38.2 Å². The quantitative estimate of drug-likeness (QED) is 0.462. The highest BCUT2D eigenvalue weighted by atomic mass is 16.5. The number of hydrogen-bond donors (Lipinski definition) is 1. The number of hydrogen-bond acceptors (Lipinski definition) is 3. The highest BCUT2D eigenvalue weighted by Gasteiger charge is 2.30. The topological polar surface area (TPSA) is 55.4 Å². The Morgan fingerprint density at radius 2 is 1.82 bits per heavy atom. The molecule has 0 radical (unpaired) electrons. The van der Waals surface area contributed by atoms with Gasteiger partial charge in [0.1, 0.15) is 0 Å². The maximum Gasteiger partial charge on any atom is 0.267 e. The monoisotopic (exact) mass is 309 g/mol. The molecule has 1 rings (SSSR count). The van der Waals surface area contributed by atoms with E-state index < -0.39 is 6.10 Å². The maximum absolute atomic E-state index is 11.9. The summed E-state index contributed by atoms with van der Waals surface area (Å²) < 4.78 is 5.51. The third-order valence-electron chi connectivity index (χ3n) is 3.81. The van der Waals surface area contributed by atoms with Crippen LogP contribution in [0.1, 0.15) is 78.6 Å². The van der Waals surface area contributed by atoms with Crippen molar-refractivity contribution in [2.45, 2.75) is 84.7 Å². The second-order valence-corrected chi connectivity index (χ2v) is 6.57. The summed E-state index contributed by atoms with van der Waals surface area (Å²) in [4.78, 5) is 23.6. The SMILES string of the molecule is CCCCCCCCCC(=O)/C=C1\NC(=O)[C@H](CC(C)C)O1. The van der Waals surface area contributed by atoms with Crippen LogP contribution >= 0.6 is 0 Å². The summed E-state index contributed by atoms with van der Waals surface area (Å²) in [5.74, 6) is 0.611. The Hall–Kier alpha value is -1.32. The largest absolute Gasteiger partial charge is 0.465 e. The lowest BCUT2D eigenvalue weighted by atomic mass is 10.1. The molecule has 4 nitrogen and oxygen atoms in total. The molecule has 1 amide bonds. The number of nitrogens with one attached hydrogen (secondary N) is 1. The first-order valence-electron chi connectivity index (χ1n) is 8.75. The van der Waals surface area contributed by atoms with Gasteiger partial charge in [0.25, 0.3) is 5.91 Å². The van der Waals surface area contributed by atoms with Crippen LogP contribution in [0, 0.1) is 5.92 Å². The molecule has 0 saturated carbocycles. The fraction of sp³-hybridized carbons (Fsp3) is 0.778. The molecule has 1 N–H and O–H groups in total. The number of rotatable bonds is 11. The predicted molar refractivity (Wildman–Crippen MR) is 88.2 cm³/mol. The number of allylic oxidation sites excluding steroid dienone is 1. The van der Waals surface area contributed by atoms with Crippen molar-refractivity contribution in [3.8, 4) is 0 Å². The average molecular weight is 309 g/mol. The van der Waals surface area contributed by atoms with Gasteiger partial charge in [0.05, 0.1) is 0 Å². The van der Waals surface area contributed by atoms with Gasteiger partial charge in [-0.05, 0) is 18.8 Å². The second kappa shape index (κ2) is 10.4. The molecule has 0 aliphatic carbocycles. The van der Waals surface area contributed by atoms with E-state index in [1.807, 2.05) is 13.8 Å². The fourth-order valence-electron chi connectivity index (χ4n) is 2.57. The normalized spacial score (nSPS) is 19.5. The lowest BCUT2D eigenvalue weighted by molar-refractivity contribution is -0.124.